The summed E-state index contributed by atoms with van der Waals surface area (Å²) in [6.45, 7) is 6.56. The van der Waals surface area contributed by atoms with E-state index in [-0.39, 0.29) is 10.9 Å². The Morgan fingerprint density at radius 3 is 1.63 bits per heavy atom. The summed E-state index contributed by atoms with van der Waals surface area (Å²) in [5.41, 5.74) is 3.45. The Labute approximate surface area is 288 Å². The topological polar surface area (TPSA) is 76.7 Å². The number of hydrogen-bond acceptors (Lipinski definition) is 4. The third kappa shape index (κ3) is 7.48. The number of carbonyl (C=O) groups excluding carboxylic acids is 2. The minimum Gasteiger partial charge on any atom is -0.533 e. The van der Waals surface area contributed by atoms with Crippen molar-refractivity contribution in [3.05, 3.63) is 169 Å². The first-order chi connectivity index (χ1) is 23.7. The molecule has 0 saturated carbocycles. The first kappa shape index (κ1) is 33.0. The number of ether oxygens (including phenoxy) is 1. The van der Waals surface area contributed by atoms with Gasteiger partial charge in [-0.3, -0.25) is 10.1 Å². The second-order valence-corrected chi connectivity index (χ2v) is 16.9. The van der Waals surface area contributed by atoms with Crippen molar-refractivity contribution in [1.82, 2.24) is 0 Å². The molecular formula is C42H38N2O4Si. The third-order valence-corrected chi connectivity index (χ3v) is 13.3. The summed E-state index contributed by atoms with van der Waals surface area (Å²) in [6.07, 6.45) is -0.682. The van der Waals surface area contributed by atoms with E-state index in [0.29, 0.717) is 28.4 Å². The maximum absolute atomic E-state index is 13.4. The number of benzene rings is 6. The van der Waals surface area contributed by atoms with E-state index in [1.807, 2.05) is 84.9 Å². The van der Waals surface area contributed by atoms with Gasteiger partial charge in [-0.05, 0) is 69.0 Å². The molecule has 2 amide bonds. The fourth-order valence-corrected chi connectivity index (χ4v) is 10.4. The lowest BCUT2D eigenvalue weighted by Crippen LogP contribution is -2.68. The molecule has 6 nitrogen and oxygen atoms in total. The zero-order valence-electron chi connectivity index (χ0n) is 27.7. The van der Waals surface area contributed by atoms with E-state index in [1.165, 1.54) is 0 Å². The summed E-state index contributed by atoms with van der Waals surface area (Å²) >= 11 is 0. The molecule has 49 heavy (non-hydrogen) atoms. The Hall–Kier alpha value is -5.92. The quantitative estimate of drug-likeness (QED) is 0.151. The summed E-state index contributed by atoms with van der Waals surface area (Å²) < 4.78 is 12.9. The standard InChI is InChI=1S/C42H38N2O4Si/c1-42(2,3)49(36-20-12-6-13-21-36,37-22-14-7-15-23-37)48-39-29-28-34(30-38(39)44-41(46)47-35-18-10-5-11-19-35)43-40(45)33-26-24-32(25-27-33)31-16-8-4-9-17-31/h4-30H,1-3H3,(H,43,45)(H,44,46). The Morgan fingerprint density at radius 1 is 0.571 bits per heavy atom. The van der Waals surface area contributed by atoms with Crippen LogP contribution < -0.4 is 30.2 Å². The van der Waals surface area contributed by atoms with Crippen molar-refractivity contribution in [3.8, 4) is 22.6 Å². The third-order valence-electron chi connectivity index (χ3n) is 8.36. The van der Waals surface area contributed by atoms with Crippen LogP contribution in [0.1, 0.15) is 31.1 Å². The number of hydrogen-bond donors (Lipinski definition) is 2. The SMILES string of the molecule is CC(C)(C)[Si](Oc1ccc(NC(=O)c2ccc(-c3ccccc3)cc2)cc1NC(=O)Oc1ccccc1)(c1ccccc1)c1ccccc1. The highest BCUT2D eigenvalue weighted by atomic mass is 28.4. The Kier molecular flexibility index (Phi) is 9.74. The molecule has 0 spiro atoms. The van der Waals surface area contributed by atoms with Gasteiger partial charge in [-0.2, -0.15) is 0 Å². The predicted octanol–water partition coefficient (Wildman–Crippen LogP) is 9.16. The van der Waals surface area contributed by atoms with E-state index in [1.54, 1.807) is 54.6 Å². The summed E-state index contributed by atoms with van der Waals surface area (Å²) in [6, 6.07) is 52.1. The lowest BCUT2D eigenvalue weighted by atomic mass is 10.0. The van der Waals surface area contributed by atoms with E-state index in [0.717, 1.165) is 21.5 Å². The molecule has 2 N–H and O–H groups in total. The van der Waals surface area contributed by atoms with Crippen LogP contribution in [0.2, 0.25) is 5.04 Å². The van der Waals surface area contributed by atoms with Crippen LogP contribution in [-0.4, -0.2) is 20.3 Å². The van der Waals surface area contributed by atoms with Gasteiger partial charge in [0.1, 0.15) is 11.5 Å². The molecule has 0 aliphatic rings. The van der Waals surface area contributed by atoms with Gasteiger partial charge >= 0.3 is 14.4 Å². The van der Waals surface area contributed by atoms with Crippen LogP contribution in [0.3, 0.4) is 0 Å². The van der Waals surface area contributed by atoms with Crippen molar-refractivity contribution in [1.29, 1.82) is 0 Å². The van der Waals surface area contributed by atoms with Crippen LogP contribution in [0.15, 0.2) is 164 Å². The molecular weight excluding hydrogens is 625 g/mol. The average Bonchev–Trinajstić information content (AvgIpc) is 3.12. The molecule has 0 heterocycles. The fourth-order valence-electron chi connectivity index (χ4n) is 5.99. The average molecular weight is 663 g/mol. The normalized spacial score (nSPS) is 11.3. The second kappa shape index (κ2) is 14.5. The van der Waals surface area contributed by atoms with Crippen LogP contribution in [-0.2, 0) is 0 Å². The zero-order chi connectivity index (χ0) is 34.3. The van der Waals surface area contributed by atoms with Crippen LogP contribution in [0.25, 0.3) is 11.1 Å². The molecule has 0 bridgehead atoms. The van der Waals surface area contributed by atoms with E-state index in [9.17, 15) is 9.59 Å². The van der Waals surface area contributed by atoms with E-state index < -0.39 is 14.4 Å². The van der Waals surface area contributed by atoms with Gasteiger partial charge in [0.05, 0.1) is 5.69 Å². The van der Waals surface area contributed by atoms with Crippen molar-refractivity contribution < 1.29 is 18.8 Å². The van der Waals surface area contributed by atoms with E-state index in [2.05, 4.69) is 55.7 Å². The highest BCUT2D eigenvalue weighted by Gasteiger charge is 2.52. The molecule has 6 rings (SSSR count). The molecule has 0 aliphatic heterocycles. The maximum atomic E-state index is 13.4. The summed E-state index contributed by atoms with van der Waals surface area (Å²) in [5, 5.41) is 7.74. The molecule has 6 aromatic carbocycles. The molecule has 6 aromatic rings. The highest BCUT2D eigenvalue weighted by molar-refractivity contribution is 7.00. The number of amides is 2. The Morgan fingerprint density at radius 2 is 1.08 bits per heavy atom. The zero-order valence-corrected chi connectivity index (χ0v) is 28.7. The maximum Gasteiger partial charge on any atom is 0.417 e. The molecule has 7 heteroatoms. The number of nitrogens with one attached hydrogen (secondary N) is 2. The minimum atomic E-state index is -3.06. The molecule has 0 unspecified atom stereocenters. The summed E-state index contributed by atoms with van der Waals surface area (Å²) in [4.78, 5) is 26.7. The number of anilines is 2. The van der Waals surface area contributed by atoms with E-state index >= 15 is 0 Å². The monoisotopic (exact) mass is 662 g/mol. The van der Waals surface area contributed by atoms with Gasteiger partial charge in [-0.15, -0.1) is 0 Å². The molecule has 0 saturated heterocycles. The molecule has 0 aliphatic carbocycles. The number of para-hydroxylation sites is 1. The minimum absolute atomic E-state index is 0.280. The van der Waals surface area contributed by atoms with Gasteiger partial charge in [0.25, 0.3) is 5.91 Å². The van der Waals surface area contributed by atoms with Crippen LogP contribution in [0.5, 0.6) is 11.5 Å². The van der Waals surface area contributed by atoms with E-state index in [4.69, 9.17) is 9.16 Å². The Bertz CT molecular complexity index is 1970. The van der Waals surface area contributed by atoms with Crippen molar-refractivity contribution in [3.63, 3.8) is 0 Å². The van der Waals surface area contributed by atoms with Gasteiger partial charge in [0.2, 0.25) is 0 Å². The van der Waals surface area contributed by atoms with Crippen molar-refractivity contribution >= 4 is 42.1 Å². The molecule has 0 radical (unpaired) electrons. The van der Waals surface area contributed by atoms with Crippen LogP contribution in [0, 0.1) is 0 Å². The second-order valence-electron chi connectivity index (χ2n) is 12.7. The van der Waals surface area contributed by atoms with Crippen molar-refractivity contribution in [2.75, 3.05) is 10.6 Å². The van der Waals surface area contributed by atoms with Gasteiger partial charge in [-0.1, -0.05) is 142 Å². The fraction of sp³-hybridized carbons (Fsp3) is 0.0952. The van der Waals surface area contributed by atoms with Gasteiger partial charge < -0.3 is 14.5 Å². The lowest BCUT2D eigenvalue weighted by Gasteiger charge is -2.43. The smallest absolute Gasteiger partial charge is 0.417 e. The summed E-state index contributed by atoms with van der Waals surface area (Å²) in [5.74, 6) is 0.584. The molecule has 0 fully saturated rings. The molecule has 0 aromatic heterocycles. The number of carbonyl (C=O) groups is 2. The Balaban J connectivity index is 1.36. The lowest BCUT2D eigenvalue weighted by molar-refractivity contribution is 0.102. The first-order valence-electron chi connectivity index (χ1n) is 16.2. The predicted molar refractivity (Wildman–Crippen MR) is 201 cm³/mol. The largest absolute Gasteiger partial charge is 0.533 e. The van der Waals surface area contributed by atoms with Crippen molar-refractivity contribution in [2.45, 2.75) is 25.8 Å². The highest BCUT2D eigenvalue weighted by Crippen LogP contribution is 2.40. The molecule has 0 atom stereocenters. The summed E-state index contributed by atoms with van der Waals surface area (Å²) in [7, 11) is -3.06. The van der Waals surface area contributed by atoms with Gasteiger partial charge in [0.15, 0.2) is 0 Å². The van der Waals surface area contributed by atoms with Crippen LogP contribution in [0.4, 0.5) is 16.2 Å². The van der Waals surface area contributed by atoms with Gasteiger partial charge in [0, 0.05) is 11.3 Å². The number of rotatable bonds is 9. The van der Waals surface area contributed by atoms with Crippen LogP contribution >= 0.6 is 0 Å². The molecule has 244 valence electrons. The first-order valence-corrected chi connectivity index (χ1v) is 18.1. The van der Waals surface area contributed by atoms with Crippen molar-refractivity contribution in [2.24, 2.45) is 0 Å². The van der Waals surface area contributed by atoms with Gasteiger partial charge in [-0.25, -0.2) is 4.79 Å².